The molecule has 0 spiro atoms. The number of amides is 1. The maximum Gasteiger partial charge on any atom is 0.259 e. The van der Waals surface area contributed by atoms with E-state index in [9.17, 15) is 18.0 Å². The smallest absolute Gasteiger partial charge is 0.259 e. The minimum absolute atomic E-state index is 0.0703. The van der Waals surface area contributed by atoms with Crippen LogP contribution in [0.3, 0.4) is 0 Å². The highest BCUT2D eigenvalue weighted by Crippen LogP contribution is 2.34. The van der Waals surface area contributed by atoms with Crippen LogP contribution in [0.1, 0.15) is 22.7 Å². The Hall–Kier alpha value is -1.47. The number of nitrogens with zero attached hydrogens (tertiary/aromatic N) is 2. The lowest BCUT2D eigenvalue weighted by molar-refractivity contribution is -0.118. The summed E-state index contributed by atoms with van der Waals surface area (Å²) < 4.78 is 31.0. The Morgan fingerprint density at radius 2 is 2.10 bits per heavy atom. The summed E-state index contributed by atoms with van der Waals surface area (Å²) in [5.41, 5.74) is 1.04. The first kappa shape index (κ1) is 21.8. The Balaban J connectivity index is 1.23. The maximum atomic E-state index is 12.4. The van der Waals surface area contributed by atoms with Gasteiger partial charge in [0.1, 0.15) is 10.7 Å². The standard InChI is InChI=1S/C18H24N4O5S3/c23-15(19-4-9-30(25,26)22-5-7-27-8-6-22)11-28-10-14-20-17(24)16-12-2-1-3-13(12)29-18(16)21-14/h1-11H2,(H,19,23)(H,20,21,24). The van der Waals surface area contributed by atoms with E-state index in [4.69, 9.17) is 4.74 Å². The lowest BCUT2D eigenvalue weighted by Gasteiger charge is -2.26. The number of hydrogen-bond donors (Lipinski definition) is 2. The molecule has 0 saturated carbocycles. The molecule has 1 amide bonds. The normalized spacial score (nSPS) is 17.3. The van der Waals surface area contributed by atoms with Crippen molar-refractivity contribution in [1.29, 1.82) is 0 Å². The number of carbonyl (C=O) groups excluding carboxylic acids is 1. The number of aryl methyl sites for hydroxylation is 2. The number of thiophene rings is 1. The van der Waals surface area contributed by atoms with Crippen molar-refractivity contribution in [2.24, 2.45) is 0 Å². The molecule has 2 aromatic heterocycles. The third-order valence-electron chi connectivity index (χ3n) is 5.14. The van der Waals surface area contributed by atoms with Gasteiger partial charge in [0.05, 0.1) is 35.9 Å². The molecule has 1 aliphatic heterocycles. The molecule has 1 saturated heterocycles. The molecule has 0 aromatic carbocycles. The second-order valence-electron chi connectivity index (χ2n) is 7.22. The number of ether oxygens (including phenoxy) is 1. The van der Waals surface area contributed by atoms with Crippen LogP contribution in [0.15, 0.2) is 4.79 Å². The fourth-order valence-electron chi connectivity index (χ4n) is 3.68. The molecule has 2 aromatic rings. The van der Waals surface area contributed by atoms with Crippen molar-refractivity contribution >= 4 is 49.2 Å². The van der Waals surface area contributed by atoms with Gasteiger partial charge in [-0.3, -0.25) is 9.59 Å². The first-order valence-electron chi connectivity index (χ1n) is 9.87. The van der Waals surface area contributed by atoms with Gasteiger partial charge < -0.3 is 15.0 Å². The summed E-state index contributed by atoms with van der Waals surface area (Å²) in [7, 11) is -3.38. The number of thioether (sulfide) groups is 1. The number of fused-ring (bicyclic) bond motifs is 3. The number of rotatable bonds is 8. The third kappa shape index (κ3) is 4.88. The van der Waals surface area contributed by atoms with Gasteiger partial charge in [-0.1, -0.05) is 0 Å². The Labute approximate surface area is 182 Å². The second-order valence-corrected chi connectivity index (χ2v) is 11.4. The van der Waals surface area contributed by atoms with Crippen molar-refractivity contribution in [2.45, 2.75) is 25.0 Å². The molecular weight excluding hydrogens is 448 g/mol. The average molecular weight is 473 g/mol. The van der Waals surface area contributed by atoms with Crippen LogP contribution in [0.2, 0.25) is 0 Å². The fourth-order valence-corrected chi connectivity index (χ4v) is 7.00. The number of carbonyl (C=O) groups is 1. The molecule has 0 bridgehead atoms. The number of hydrogen-bond acceptors (Lipinski definition) is 8. The minimum Gasteiger partial charge on any atom is -0.379 e. The van der Waals surface area contributed by atoms with Crippen molar-refractivity contribution in [3.63, 3.8) is 0 Å². The minimum atomic E-state index is -3.38. The van der Waals surface area contributed by atoms with Gasteiger partial charge in [0.15, 0.2) is 0 Å². The van der Waals surface area contributed by atoms with Crippen LogP contribution in [0.4, 0.5) is 0 Å². The fraction of sp³-hybridized carbons (Fsp3) is 0.611. The van der Waals surface area contributed by atoms with E-state index >= 15 is 0 Å². The van der Waals surface area contributed by atoms with Gasteiger partial charge in [0.2, 0.25) is 15.9 Å². The van der Waals surface area contributed by atoms with Crippen molar-refractivity contribution < 1.29 is 17.9 Å². The number of morpholine rings is 1. The van der Waals surface area contributed by atoms with E-state index in [1.807, 2.05) is 0 Å². The van der Waals surface area contributed by atoms with Gasteiger partial charge in [-0.2, -0.15) is 4.31 Å². The molecule has 4 rings (SSSR count). The van der Waals surface area contributed by atoms with E-state index < -0.39 is 10.0 Å². The summed E-state index contributed by atoms with van der Waals surface area (Å²) in [6.45, 7) is 1.58. The van der Waals surface area contributed by atoms with Crippen molar-refractivity contribution in [2.75, 3.05) is 44.4 Å². The molecule has 1 aliphatic carbocycles. The number of aromatic amines is 1. The SMILES string of the molecule is O=C(CSCc1nc2sc3c(c2c(=O)[nH]1)CCC3)NCCS(=O)(=O)N1CCOCC1. The van der Waals surface area contributed by atoms with Gasteiger partial charge in [0, 0.05) is 24.5 Å². The predicted molar refractivity (Wildman–Crippen MR) is 118 cm³/mol. The van der Waals surface area contributed by atoms with E-state index in [1.54, 1.807) is 11.3 Å². The first-order chi connectivity index (χ1) is 14.4. The number of sulfonamides is 1. The van der Waals surface area contributed by atoms with Crippen LogP contribution in [0.5, 0.6) is 0 Å². The van der Waals surface area contributed by atoms with E-state index in [1.165, 1.54) is 20.9 Å². The quantitative estimate of drug-likeness (QED) is 0.573. The molecular formula is C18H24N4O5S3. The predicted octanol–water partition coefficient (Wildman–Crippen LogP) is 0.485. The number of nitrogens with one attached hydrogen (secondary N) is 2. The topological polar surface area (TPSA) is 121 Å². The highest BCUT2D eigenvalue weighted by Gasteiger charge is 2.24. The zero-order valence-electron chi connectivity index (χ0n) is 16.4. The zero-order valence-corrected chi connectivity index (χ0v) is 18.9. The van der Waals surface area contributed by atoms with Crippen LogP contribution >= 0.6 is 23.1 Å². The monoisotopic (exact) mass is 472 g/mol. The second kappa shape index (κ2) is 9.35. The molecule has 164 valence electrons. The number of aromatic nitrogens is 2. The van der Waals surface area contributed by atoms with E-state index in [-0.39, 0.29) is 29.5 Å². The summed E-state index contributed by atoms with van der Waals surface area (Å²) in [6, 6.07) is 0. The lowest BCUT2D eigenvalue weighted by Crippen LogP contribution is -2.43. The summed E-state index contributed by atoms with van der Waals surface area (Å²) in [5, 5.41) is 3.37. The molecule has 3 heterocycles. The van der Waals surface area contributed by atoms with Crippen molar-refractivity contribution in [3.05, 3.63) is 26.6 Å². The molecule has 0 atom stereocenters. The Morgan fingerprint density at radius 3 is 2.90 bits per heavy atom. The Bertz CT molecular complexity index is 1090. The molecule has 0 unspecified atom stereocenters. The van der Waals surface area contributed by atoms with Crippen LogP contribution in [-0.4, -0.2) is 73.0 Å². The van der Waals surface area contributed by atoms with Gasteiger partial charge in [0.25, 0.3) is 5.56 Å². The molecule has 12 heteroatoms. The lowest BCUT2D eigenvalue weighted by atomic mass is 10.2. The summed E-state index contributed by atoms with van der Waals surface area (Å²) in [6.07, 6.45) is 3.05. The average Bonchev–Trinajstić information content (AvgIpc) is 3.29. The van der Waals surface area contributed by atoms with Gasteiger partial charge in [-0.15, -0.1) is 23.1 Å². The summed E-state index contributed by atoms with van der Waals surface area (Å²) in [4.78, 5) is 33.9. The van der Waals surface area contributed by atoms with Crippen LogP contribution < -0.4 is 10.9 Å². The van der Waals surface area contributed by atoms with E-state index in [0.717, 1.165) is 35.0 Å². The maximum absolute atomic E-state index is 12.4. The molecule has 1 fully saturated rings. The molecule has 0 radical (unpaired) electrons. The van der Waals surface area contributed by atoms with Gasteiger partial charge in [-0.05, 0) is 24.8 Å². The zero-order chi connectivity index (χ0) is 21.1. The molecule has 30 heavy (non-hydrogen) atoms. The molecule has 2 N–H and O–H groups in total. The van der Waals surface area contributed by atoms with Gasteiger partial charge in [-0.25, -0.2) is 13.4 Å². The van der Waals surface area contributed by atoms with Crippen molar-refractivity contribution in [3.8, 4) is 0 Å². The Morgan fingerprint density at radius 1 is 1.30 bits per heavy atom. The summed E-state index contributed by atoms with van der Waals surface area (Å²) >= 11 is 2.92. The van der Waals surface area contributed by atoms with Gasteiger partial charge >= 0.3 is 0 Å². The largest absolute Gasteiger partial charge is 0.379 e. The summed E-state index contributed by atoms with van der Waals surface area (Å²) in [5.74, 6) is 0.766. The highest BCUT2D eigenvalue weighted by atomic mass is 32.2. The van der Waals surface area contributed by atoms with Crippen LogP contribution in [-0.2, 0) is 38.1 Å². The van der Waals surface area contributed by atoms with Crippen molar-refractivity contribution in [1.82, 2.24) is 19.6 Å². The number of H-pyrrole nitrogens is 1. The highest BCUT2D eigenvalue weighted by molar-refractivity contribution is 7.99. The van der Waals surface area contributed by atoms with E-state index in [0.29, 0.717) is 37.9 Å². The van der Waals surface area contributed by atoms with Crippen LogP contribution in [0, 0.1) is 0 Å². The Kier molecular flexibility index (Phi) is 6.78. The first-order valence-corrected chi connectivity index (χ1v) is 13.5. The van der Waals surface area contributed by atoms with Crippen LogP contribution in [0.25, 0.3) is 10.2 Å². The third-order valence-corrected chi connectivity index (χ3v) is 9.14. The van der Waals surface area contributed by atoms with E-state index in [2.05, 4.69) is 15.3 Å². The molecule has 9 nitrogen and oxygen atoms in total. The molecule has 2 aliphatic rings.